The lowest BCUT2D eigenvalue weighted by Gasteiger charge is -2.03. The molecule has 4 heteroatoms. The van der Waals surface area contributed by atoms with Gasteiger partial charge in [-0.1, -0.05) is 23.8 Å². The summed E-state index contributed by atoms with van der Waals surface area (Å²) in [6, 6.07) is 12.6. The van der Waals surface area contributed by atoms with Crippen LogP contribution in [0.5, 0.6) is 0 Å². The highest BCUT2D eigenvalue weighted by Crippen LogP contribution is 2.34. The molecule has 1 aliphatic heterocycles. The number of rotatable bonds is 1. The van der Waals surface area contributed by atoms with Crippen LogP contribution in [-0.4, -0.2) is 16.2 Å². The molecule has 1 heterocycles. The maximum atomic E-state index is 12.4. The van der Waals surface area contributed by atoms with Gasteiger partial charge in [-0.2, -0.15) is 4.74 Å². The Kier molecular flexibility index (Phi) is 2.75. The first-order valence-electron chi connectivity index (χ1n) is 5.84. The summed E-state index contributed by atoms with van der Waals surface area (Å²) in [4.78, 5) is 12.4. The number of halogens is 1. The maximum Gasteiger partial charge on any atom is 0.272 e. The normalized spacial score (nSPS) is 13.9. The van der Waals surface area contributed by atoms with Crippen LogP contribution in [0, 0.1) is 12.1 Å². The summed E-state index contributed by atoms with van der Waals surface area (Å²) >= 11 is 3.32. The topological polar surface area (TPSA) is 43.1 Å². The largest absolute Gasteiger partial charge is 0.618 e. The van der Waals surface area contributed by atoms with Gasteiger partial charge in [0.2, 0.25) is 5.69 Å². The molecule has 0 N–H and O–H groups in total. The van der Waals surface area contributed by atoms with Gasteiger partial charge in [-0.05, 0) is 47.1 Å². The molecule has 94 valence electrons. The van der Waals surface area contributed by atoms with Crippen LogP contribution in [-0.2, 0) is 0 Å². The molecule has 3 nitrogen and oxygen atoms in total. The van der Waals surface area contributed by atoms with Gasteiger partial charge in [-0.25, -0.2) is 0 Å². The molecule has 2 aromatic carbocycles. The third kappa shape index (κ3) is 1.79. The Morgan fingerprint density at radius 2 is 1.89 bits per heavy atom. The minimum atomic E-state index is -0.225. The number of para-hydroxylation sites is 1. The van der Waals surface area contributed by atoms with Crippen molar-refractivity contribution < 1.29 is 9.53 Å². The Balaban J connectivity index is 2.25. The van der Waals surface area contributed by atoms with Crippen molar-refractivity contribution in [3.63, 3.8) is 0 Å². The lowest BCUT2D eigenvalue weighted by atomic mass is 10.0. The van der Waals surface area contributed by atoms with E-state index in [1.54, 1.807) is 24.3 Å². The van der Waals surface area contributed by atoms with E-state index in [2.05, 4.69) is 15.9 Å². The number of carbonyl (C=O) groups excluding carboxylic acids is 1. The van der Waals surface area contributed by atoms with Crippen LogP contribution in [0.1, 0.15) is 21.5 Å². The molecule has 0 saturated carbocycles. The van der Waals surface area contributed by atoms with Crippen molar-refractivity contribution in [2.24, 2.45) is 0 Å². The van der Waals surface area contributed by atoms with E-state index in [1.165, 1.54) is 0 Å². The smallest absolute Gasteiger partial charge is 0.272 e. The molecule has 2 aromatic rings. The zero-order chi connectivity index (χ0) is 13.6. The molecule has 0 unspecified atom stereocenters. The number of hydrogen-bond acceptors (Lipinski definition) is 2. The summed E-state index contributed by atoms with van der Waals surface area (Å²) in [6.45, 7) is 1.93. The average molecular weight is 316 g/mol. The number of fused-ring (bicyclic) bond motifs is 1. The third-order valence-corrected chi connectivity index (χ3v) is 3.78. The van der Waals surface area contributed by atoms with E-state index in [0.717, 1.165) is 10.3 Å². The van der Waals surface area contributed by atoms with Crippen LogP contribution in [0.3, 0.4) is 0 Å². The third-order valence-electron chi connectivity index (χ3n) is 3.14. The van der Waals surface area contributed by atoms with E-state index in [0.29, 0.717) is 21.3 Å². The minimum absolute atomic E-state index is 0.186. The highest BCUT2D eigenvalue weighted by atomic mass is 79.9. The standard InChI is InChI=1S/C15H10BrNO2/c1-9-4-2-5-10(8-9)13-15(18)11-6-3-7-12(16)14(11)17(13)19/h2-8H,1H3. The highest BCUT2D eigenvalue weighted by molar-refractivity contribution is 9.10. The lowest BCUT2D eigenvalue weighted by molar-refractivity contribution is -0.356. The van der Waals surface area contributed by atoms with Crippen molar-refractivity contribution in [1.29, 1.82) is 0 Å². The van der Waals surface area contributed by atoms with Gasteiger partial charge in [0.1, 0.15) is 5.56 Å². The molecule has 1 aliphatic rings. The van der Waals surface area contributed by atoms with Crippen molar-refractivity contribution in [3.8, 4) is 0 Å². The number of benzene rings is 2. The molecule has 0 aromatic heterocycles. The Hall–Kier alpha value is -1.94. The van der Waals surface area contributed by atoms with E-state index < -0.39 is 0 Å². The van der Waals surface area contributed by atoms with Crippen LogP contribution in [0.2, 0.25) is 0 Å². The van der Waals surface area contributed by atoms with Gasteiger partial charge in [-0.15, -0.1) is 0 Å². The Morgan fingerprint density at radius 3 is 2.58 bits per heavy atom. The van der Waals surface area contributed by atoms with Crippen LogP contribution in [0.15, 0.2) is 46.9 Å². The van der Waals surface area contributed by atoms with Gasteiger partial charge in [0.15, 0.2) is 0 Å². The fourth-order valence-corrected chi connectivity index (χ4v) is 2.80. The Bertz CT molecular complexity index is 735. The fraction of sp³-hybridized carbons (Fsp3) is 0.0667. The van der Waals surface area contributed by atoms with Crippen LogP contribution in [0.4, 0.5) is 5.69 Å². The first-order valence-corrected chi connectivity index (χ1v) is 6.63. The van der Waals surface area contributed by atoms with Gasteiger partial charge in [0.25, 0.3) is 11.5 Å². The van der Waals surface area contributed by atoms with Crippen molar-refractivity contribution in [1.82, 2.24) is 0 Å². The number of hydrogen-bond donors (Lipinski definition) is 0. The molecule has 0 fully saturated rings. The number of carbonyl (C=O) groups is 1. The first kappa shape index (κ1) is 12.1. The summed E-state index contributed by atoms with van der Waals surface area (Å²) < 4.78 is 1.35. The van der Waals surface area contributed by atoms with Crippen molar-refractivity contribution in [3.05, 3.63) is 68.8 Å². The van der Waals surface area contributed by atoms with Crippen molar-refractivity contribution in [2.75, 3.05) is 0 Å². The van der Waals surface area contributed by atoms with Gasteiger partial charge in [0.05, 0.1) is 10.0 Å². The predicted octanol–water partition coefficient (Wildman–Crippen LogP) is 3.58. The molecule has 0 spiro atoms. The minimum Gasteiger partial charge on any atom is -0.618 e. The average Bonchev–Trinajstić information content (AvgIpc) is 2.63. The molecule has 0 amide bonds. The van der Waals surface area contributed by atoms with Crippen LogP contribution < -0.4 is 0 Å². The Labute approximate surface area is 118 Å². The van der Waals surface area contributed by atoms with E-state index in [-0.39, 0.29) is 11.5 Å². The fourth-order valence-electron chi connectivity index (χ4n) is 2.28. The summed E-state index contributed by atoms with van der Waals surface area (Å²) in [5, 5.41) is 12.4. The van der Waals surface area contributed by atoms with E-state index in [1.807, 2.05) is 25.1 Å². The number of aryl methyl sites for hydroxylation is 1. The molecule has 0 radical (unpaired) electrons. The second-order valence-electron chi connectivity index (χ2n) is 4.48. The summed E-state index contributed by atoms with van der Waals surface area (Å²) in [5.74, 6) is -0.225. The van der Waals surface area contributed by atoms with E-state index in [4.69, 9.17) is 0 Å². The zero-order valence-electron chi connectivity index (χ0n) is 10.2. The van der Waals surface area contributed by atoms with E-state index >= 15 is 0 Å². The zero-order valence-corrected chi connectivity index (χ0v) is 11.8. The highest BCUT2D eigenvalue weighted by Gasteiger charge is 2.37. The lowest BCUT2D eigenvalue weighted by Crippen LogP contribution is -2.16. The van der Waals surface area contributed by atoms with E-state index in [9.17, 15) is 10.0 Å². The number of ketones is 1. The van der Waals surface area contributed by atoms with Gasteiger partial charge in [-0.3, -0.25) is 4.79 Å². The molecular formula is C15H10BrNO2. The summed E-state index contributed by atoms with van der Waals surface area (Å²) in [5.41, 5.74) is 2.69. The monoisotopic (exact) mass is 315 g/mol. The molecular weight excluding hydrogens is 306 g/mol. The van der Waals surface area contributed by atoms with Crippen LogP contribution in [0.25, 0.3) is 0 Å². The molecule has 19 heavy (non-hydrogen) atoms. The summed E-state index contributed by atoms with van der Waals surface area (Å²) in [6.07, 6.45) is 0. The molecule has 0 atom stereocenters. The SMILES string of the molecule is Cc1cccc(C2=[N+]([O-])c3c(Br)cccc3C2=O)c1. The number of nitrogens with zero attached hydrogens (tertiary/aromatic N) is 1. The number of Topliss-reactive ketones (excluding diaryl/α,β-unsaturated/α-hetero) is 1. The van der Waals surface area contributed by atoms with Crippen LogP contribution >= 0.6 is 15.9 Å². The summed E-state index contributed by atoms with van der Waals surface area (Å²) in [7, 11) is 0. The molecule has 3 rings (SSSR count). The van der Waals surface area contributed by atoms with Gasteiger partial charge >= 0.3 is 0 Å². The second kappa shape index (κ2) is 4.31. The molecule has 0 saturated heterocycles. The van der Waals surface area contributed by atoms with Gasteiger partial charge < -0.3 is 5.21 Å². The van der Waals surface area contributed by atoms with Gasteiger partial charge in [0, 0.05) is 0 Å². The predicted molar refractivity (Wildman–Crippen MR) is 77.0 cm³/mol. The van der Waals surface area contributed by atoms with Crippen molar-refractivity contribution >= 4 is 33.1 Å². The quantitative estimate of drug-likeness (QED) is 0.596. The Morgan fingerprint density at radius 1 is 1.16 bits per heavy atom. The maximum absolute atomic E-state index is 12.4. The van der Waals surface area contributed by atoms with Crippen molar-refractivity contribution in [2.45, 2.75) is 6.92 Å². The first-order chi connectivity index (χ1) is 9.09. The second-order valence-corrected chi connectivity index (χ2v) is 5.33. The molecule has 0 bridgehead atoms. The molecule has 0 aliphatic carbocycles.